The standard InChI is InChI=1S/C21H27FN6O4S/c1-16-3-8-19(15-20(16)28(29)30)33(31,32)25-21(23)24-9-2-10-26-11-13-27(14-12-26)18-6-4-17(22)5-7-18/h3-8,15H,2,9-14H2,1H3,(H3,23,24,25). The molecule has 0 atom stereocenters. The van der Waals surface area contributed by atoms with Gasteiger partial charge in [-0.25, -0.2) is 17.5 Å². The Morgan fingerprint density at radius 2 is 1.85 bits per heavy atom. The molecule has 12 heteroatoms. The number of halogens is 1. The van der Waals surface area contributed by atoms with Crippen LogP contribution in [0.3, 0.4) is 0 Å². The summed E-state index contributed by atoms with van der Waals surface area (Å²) in [6, 6.07) is 10.1. The van der Waals surface area contributed by atoms with Crippen molar-refractivity contribution >= 4 is 27.4 Å². The molecule has 1 heterocycles. The number of nitrogens with two attached hydrogens (primary N) is 1. The van der Waals surface area contributed by atoms with Crippen LogP contribution >= 0.6 is 0 Å². The van der Waals surface area contributed by atoms with E-state index in [0.29, 0.717) is 18.5 Å². The van der Waals surface area contributed by atoms with Crippen molar-refractivity contribution in [1.29, 1.82) is 0 Å². The van der Waals surface area contributed by atoms with E-state index in [9.17, 15) is 22.9 Å². The minimum absolute atomic E-state index is 0.250. The second kappa shape index (κ2) is 10.6. The molecular weight excluding hydrogens is 451 g/mol. The molecule has 3 rings (SSSR count). The number of rotatable bonds is 8. The summed E-state index contributed by atoms with van der Waals surface area (Å²) in [7, 11) is -4.07. The fraction of sp³-hybridized carbons (Fsp3) is 0.381. The second-order valence-corrected chi connectivity index (χ2v) is 9.42. The summed E-state index contributed by atoms with van der Waals surface area (Å²) >= 11 is 0. The Morgan fingerprint density at radius 3 is 2.48 bits per heavy atom. The lowest BCUT2D eigenvalue weighted by atomic mass is 10.2. The third kappa shape index (κ3) is 6.62. The quantitative estimate of drug-likeness (QED) is 0.194. The summed E-state index contributed by atoms with van der Waals surface area (Å²) in [5.41, 5.74) is 6.79. The van der Waals surface area contributed by atoms with Crippen LogP contribution in [0.4, 0.5) is 15.8 Å². The van der Waals surface area contributed by atoms with E-state index in [1.807, 2.05) is 0 Å². The highest BCUT2D eigenvalue weighted by atomic mass is 32.2. The first-order valence-corrected chi connectivity index (χ1v) is 11.9. The first-order chi connectivity index (χ1) is 15.7. The van der Waals surface area contributed by atoms with Crippen molar-refractivity contribution in [3.8, 4) is 0 Å². The molecule has 2 aromatic carbocycles. The molecule has 178 valence electrons. The van der Waals surface area contributed by atoms with E-state index in [1.54, 1.807) is 12.1 Å². The number of anilines is 1. The van der Waals surface area contributed by atoms with Crippen molar-refractivity contribution < 1.29 is 17.7 Å². The Kier molecular flexibility index (Phi) is 7.82. The molecule has 0 aliphatic carbocycles. The number of hydrogen-bond acceptors (Lipinski definition) is 7. The van der Waals surface area contributed by atoms with Crippen molar-refractivity contribution in [1.82, 2.24) is 9.62 Å². The van der Waals surface area contributed by atoms with E-state index in [4.69, 9.17) is 5.73 Å². The van der Waals surface area contributed by atoms with Crippen LogP contribution in [0, 0.1) is 22.9 Å². The maximum atomic E-state index is 13.1. The lowest BCUT2D eigenvalue weighted by molar-refractivity contribution is -0.385. The van der Waals surface area contributed by atoms with Gasteiger partial charge in [-0.3, -0.25) is 20.0 Å². The molecule has 10 nitrogen and oxygen atoms in total. The zero-order valence-electron chi connectivity index (χ0n) is 18.3. The topological polar surface area (TPSA) is 134 Å². The largest absolute Gasteiger partial charge is 0.369 e. The molecule has 1 aliphatic heterocycles. The molecule has 0 spiro atoms. The van der Waals surface area contributed by atoms with E-state index < -0.39 is 14.9 Å². The smallest absolute Gasteiger partial charge is 0.273 e. The van der Waals surface area contributed by atoms with Gasteiger partial charge in [0.2, 0.25) is 5.96 Å². The van der Waals surface area contributed by atoms with Gasteiger partial charge in [0.05, 0.1) is 9.82 Å². The number of nitro benzene ring substituents is 1. The first-order valence-electron chi connectivity index (χ1n) is 10.5. The number of nitrogens with one attached hydrogen (secondary N) is 1. The molecule has 0 amide bonds. The number of piperazine rings is 1. The molecule has 1 aliphatic rings. The van der Waals surface area contributed by atoms with Crippen molar-refractivity contribution in [2.24, 2.45) is 10.7 Å². The van der Waals surface area contributed by atoms with Crippen LogP contribution in [0.2, 0.25) is 0 Å². The van der Waals surface area contributed by atoms with E-state index in [1.165, 1.54) is 31.2 Å². The van der Waals surface area contributed by atoms with Gasteiger partial charge in [0.25, 0.3) is 15.7 Å². The minimum atomic E-state index is -4.07. The van der Waals surface area contributed by atoms with Gasteiger partial charge in [-0.1, -0.05) is 6.07 Å². The molecule has 0 aromatic heterocycles. The molecule has 2 aromatic rings. The Morgan fingerprint density at radius 1 is 1.18 bits per heavy atom. The van der Waals surface area contributed by atoms with Crippen LogP contribution in [-0.4, -0.2) is 63.5 Å². The van der Waals surface area contributed by atoms with Crippen LogP contribution in [0.15, 0.2) is 52.4 Å². The zero-order valence-corrected chi connectivity index (χ0v) is 19.1. The first kappa shape index (κ1) is 24.4. The number of hydrogen-bond donors (Lipinski definition) is 2. The zero-order chi connectivity index (χ0) is 24.0. The summed E-state index contributed by atoms with van der Waals surface area (Å²) in [6.07, 6.45) is 0.689. The molecule has 0 saturated carbocycles. The van der Waals surface area contributed by atoms with Crippen LogP contribution in [0.5, 0.6) is 0 Å². The third-order valence-electron chi connectivity index (χ3n) is 5.41. The Bertz CT molecular complexity index is 1120. The molecule has 0 bridgehead atoms. The van der Waals surface area contributed by atoms with Crippen molar-refractivity contribution in [3.63, 3.8) is 0 Å². The summed E-state index contributed by atoms with van der Waals surface area (Å²) in [5.74, 6) is -0.515. The van der Waals surface area contributed by atoms with Crippen molar-refractivity contribution in [2.75, 3.05) is 44.2 Å². The molecule has 3 N–H and O–H groups in total. The monoisotopic (exact) mass is 478 g/mol. The number of nitrogens with zero attached hydrogens (tertiary/aromatic N) is 4. The minimum Gasteiger partial charge on any atom is -0.369 e. The molecular formula is C21H27FN6O4S. The average Bonchev–Trinajstić information content (AvgIpc) is 2.77. The normalized spacial score (nSPS) is 15.5. The highest BCUT2D eigenvalue weighted by Crippen LogP contribution is 2.22. The van der Waals surface area contributed by atoms with Gasteiger partial charge in [0.15, 0.2) is 0 Å². The highest BCUT2D eigenvalue weighted by Gasteiger charge is 2.21. The summed E-state index contributed by atoms with van der Waals surface area (Å²) in [6.45, 7) is 6.02. The predicted molar refractivity (Wildman–Crippen MR) is 124 cm³/mol. The highest BCUT2D eigenvalue weighted by molar-refractivity contribution is 7.90. The maximum absolute atomic E-state index is 13.1. The van der Waals surface area contributed by atoms with Crippen LogP contribution in [0.1, 0.15) is 12.0 Å². The summed E-state index contributed by atoms with van der Waals surface area (Å²) in [5, 5.41) is 11.1. The average molecular weight is 479 g/mol. The molecule has 0 unspecified atom stereocenters. The Balaban J connectivity index is 1.45. The maximum Gasteiger partial charge on any atom is 0.273 e. The molecule has 33 heavy (non-hydrogen) atoms. The fourth-order valence-corrected chi connectivity index (χ4v) is 4.53. The van der Waals surface area contributed by atoms with Crippen LogP contribution < -0.4 is 15.4 Å². The Hall–Kier alpha value is -3.25. The van der Waals surface area contributed by atoms with Gasteiger partial charge in [-0.2, -0.15) is 0 Å². The number of benzene rings is 2. The SMILES string of the molecule is Cc1ccc(S(=O)(=O)NC(N)=NCCCN2CCN(c3ccc(F)cc3)CC2)cc1[N+](=O)[O-]. The number of guanidine groups is 1. The lowest BCUT2D eigenvalue weighted by Crippen LogP contribution is -2.46. The van der Waals surface area contributed by atoms with Gasteiger partial charge in [0, 0.05) is 56.6 Å². The lowest BCUT2D eigenvalue weighted by Gasteiger charge is -2.36. The number of aryl methyl sites for hydroxylation is 1. The van der Waals surface area contributed by atoms with E-state index in [2.05, 4.69) is 19.5 Å². The molecule has 0 radical (unpaired) electrons. The predicted octanol–water partition coefficient (Wildman–Crippen LogP) is 1.85. The van der Waals surface area contributed by atoms with Crippen molar-refractivity contribution in [2.45, 2.75) is 18.2 Å². The van der Waals surface area contributed by atoms with Gasteiger partial charge in [-0.05, 0) is 43.7 Å². The number of sulfonamides is 1. The molecule has 1 saturated heterocycles. The van der Waals surface area contributed by atoms with Gasteiger partial charge in [0.1, 0.15) is 5.82 Å². The van der Waals surface area contributed by atoms with E-state index in [-0.39, 0.29) is 22.4 Å². The third-order valence-corrected chi connectivity index (χ3v) is 6.76. The van der Waals surface area contributed by atoms with Gasteiger partial charge in [-0.15, -0.1) is 0 Å². The van der Waals surface area contributed by atoms with Crippen LogP contribution in [-0.2, 0) is 10.0 Å². The molecule has 1 fully saturated rings. The van der Waals surface area contributed by atoms with Crippen LogP contribution in [0.25, 0.3) is 0 Å². The number of nitro groups is 1. The van der Waals surface area contributed by atoms with E-state index >= 15 is 0 Å². The number of aliphatic imine (C=N–C) groups is 1. The second-order valence-electron chi connectivity index (χ2n) is 7.74. The fourth-order valence-electron chi connectivity index (χ4n) is 3.56. The summed E-state index contributed by atoms with van der Waals surface area (Å²) in [4.78, 5) is 18.7. The summed E-state index contributed by atoms with van der Waals surface area (Å²) < 4.78 is 40.1. The Labute approximate surface area is 192 Å². The van der Waals surface area contributed by atoms with Gasteiger partial charge >= 0.3 is 0 Å². The van der Waals surface area contributed by atoms with Gasteiger partial charge < -0.3 is 10.6 Å². The van der Waals surface area contributed by atoms with E-state index in [0.717, 1.165) is 44.5 Å². The van der Waals surface area contributed by atoms with Crippen molar-refractivity contribution in [3.05, 3.63) is 64.0 Å².